The summed E-state index contributed by atoms with van der Waals surface area (Å²) < 4.78 is 5.21. The predicted octanol–water partition coefficient (Wildman–Crippen LogP) is 2.37. The average Bonchev–Trinajstić information content (AvgIpc) is 2.61. The Bertz CT molecular complexity index is 695. The number of aliphatic hydroxyl groups excluding tert-OH is 1. The van der Waals surface area contributed by atoms with Gasteiger partial charge in [0.25, 0.3) is 0 Å². The van der Waals surface area contributed by atoms with Gasteiger partial charge in [-0.3, -0.25) is 4.79 Å². The number of carbonyl (C=O) groups excluding carboxylic acids is 1. The van der Waals surface area contributed by atoms with E-state index in [1.54, 1.807) is 18.2 Å². The van der Waals surface area contributed by atoms with E-state index in [1.165, 1.54) is 0 Å². The number of aliphatic hydroxyl groups is 1. The summed E-state index contributed by atoms with van der Waals surface area (Å²) in [5.74, 6) is 0.453. The lowest BCUT2D eigenvalue weighted by molar-refractivity contribution is -0.120. The maximum absolute atomic E-state index is 12.0. The largest absolute Gasteiger partial charge is 0.479 e. The summed E-state index contributed by atoms with van der Waals surface area (Å²) in [6.45, 7) is 0.381. The first-order valence-corrected chi connectivity index (χ1v) is 7.77. The summed E-state index contributed by atoms with van der Waals surface area (Å²) >= 11 is 0. The van der Waals surface area contributed by atoms with Gasteiger partial charge in [-0.25, -0.2) is 0 Å². The molecule has 2 rings (SSSR count). The van der Waals surface area contributed by atoms with Crippen LogP contribution in [0.2, 0.25) is 0 Å². The van der Waals surface area contributed by atoms with Crippen molar-refractivity contribution in [1.29, 1.82) is 5.26 Å². The quantitative estimate of drug-likeness (QED) is 0.781. The number of nitriles is 1. The zero-order chi connectivity index (χ0) is 17.2. The van der Waals surface area contributed by atoms with E-state index in [2.05, 4.69) is 5.32 Å². The molecule has 0 aliphatic rings. The van der Waals surface area contributed by atoms with E-state index in [0.717, 1.165) is 11.1 Å². The van der Waals surface area contributed by atoms with Crippen molar-refractivity contribution >= 4 is 5.91 Å². The van der Waals surface area contributed by atoms with Crippen molar-refractivity contribution < 1.29 is 14.6 Å². The summed E-state index contributed by atoms with van der Waals surface area (Å²) in [5, 5.41) is 21.4. The number of nitrogens with zero attached hydrogens (tertiary/aromatic N) is 1. The SMILES string of the molecule is N#CCOc1cccc(CC(=O)NCCC(O)c2ccccc2)c1. The summed E-state index contributed by atoms with van der Waals surface area (Å²) in [6, 6.07) is 18.4. The fourth-order valence-electron chi connectivity index (χ4n) is 2.30. The zero-order valence-corrected chi connectivity index (χ0v) is 13.3. The molecular weight excluding hydrogens is 304 g/mol. The molecule has 0 radical (unpaired) electrons. The molecule has 0 spiro atoms. The third-order valence-corrected chi connectivity index (χ3v) is 3.49. The van der Waals surface area contributed by atoms with Crippen molar-refractivity contribution in [2.45, 2.75) is 18.9 Å². The summed E-state index contributed by atoms with van der Waals surface area (Å²) in [5.41, 5.74) is 1.65. The van der Waals surface area contributed by atoms with Crippen LogP contribution >= 0.6 is 0 Å². The zero-order valence-electron chi connectivity index (χ0n) is 13.3. The van der Waals surface area contributed by atoms with Crippen LogP contribution in [0.3, 0.4) is 0 Å². The van der Waals surface area contributed by atoms with Crippen molar-refractivity contribution in [2.75, 3.05) is 13.2 Å². The lowest BCUT2D eigenvalue weighted by atomic mass is 10.1. The van der Waals surface area contributed by atoms with Gasteiger partial charge in [-0.1, -0.05) is 42.5 Å². The summed E-state index contributed by atoms with van der Waals surface area (Å²) in [7, 11) is 0. The molecular formula is C19H20N2O3. The molecule has 1 unspecified atom stereocenters. The van der Waals surface area contributed by atoms with Gasteiger partial charge in [-0.05, 0) is 29.7 Å². The van der Waals surface area contributed by atoms with Gasteiger partial charge in [0.1, 0.15) is 11.8 Å². The Hall–Kier alpha value is -2.84. The van der Waals surface area contributed by atoms with Crippen LogP contribution in [-0.4, -0.2) is 24.2 Å². The normalized spacial score (nSPS) is 11.3. The van der Waals surface area contributed by atoms with Crippen molar-refractivity contribution in [3.05, 3.63) is 65.7 Å². The van der Waals surface area contributed by atoms with Crippen LogP contribution in [-0.2, 0) is 11.2 Å². The molecule has 0 aromatic heterocycles. The molecule has 124 valence electrons. The lowest BCUT2D eigenvalue weighted by Gasteiger charge is -2.12. The minimum absolute atomic E-state index is 0.0208. The third-order valence-electron chi connectivity index (χ3n) is 3.49. The molecule has 1 atom stereocenters. The van der Waals surface area contributed by atoms with E-state index < -0.39 is 6.10 Å². The number of rotatable bonds is 8. The van der Waals surface area contributed by atoms with Crippen LogP contribution in [0.4, 0.5) is 0 Å². The number of hydrogen-bond acceptors (Lipinski definition) is 4. The highest BCUT2D eigenvalue weighted by atomic mass is 16.5. The van der Waals surface area contributed by atoms with E-state index in [0.29, 0.717) is 18.7 Å². The standard InChI is InChI=1S/C19H20N2O3/c20-10-12-24-17-8-4-5-15(13-17)14-19(23)21-11-9-18(22)16-6-2-1-3-7-16/h1-8,13,18,22H,9,11-12,14H2,(H,21,23). The average molecular weight is 324 g/mol. The van der Waals surface area contributed by atoms with Gasteiger partial charge >= 0.3 is 0 Å². The number of benzene rings is 2. The van der Waals surface area contributed by atoms with Gasteiger partial charge in [0, 0.05) is 6.54 Å². The fraction of sp³-hybridized carbons (Fsp3) is 0.263. The predicted molar refractivity (Wildman–Crippen MR) is 90.3 cm³/mol. The van der Waals surface area contributed by atoms with Crippen LogP contribution in [0.5, 0.6) is 5.75 Å². The van der Waals surface area contributed by atoms with Crippen molar-refractivity contribution in [3.8, 4) is 11.8 Å². The molecule has 0 heterocycles. The van der Waals surface area contributed by atoms with Crippen LogP contribution < -0.4 is 10.1 Å². The second-order valence-electron chi connectivity index (χ2n) is 5.34. The van der Waals surface area contributed by atoms with E-state index in [-0.39, 0.29) is 18.9 Å². The monoisotopic (exact) mass is 324 g/mol. The first kappa shape index (κ1) is 17.5. The highest BCUT2D eigenvalue weighted by Crippen LogP contribution is 2.15. The molecule has 0 fully saturated rings. The van der Waals surface area contributed by atoms with E-state index in [4.69, 9.17) is 10.00 Å². The summed E-state index contributed by atoms with van der Waals surface area (Å²) in [4.78, 5) is 12.0. The Morgan fingerprint density at radius 1 is 1.21 bits per heavy atom. The second kappa shape index (κ2) is 9.33. The number of carbonyl (C=O) groups is 1. The van der Waals surface area contributed by atoms with Crippen LogP contribution in [0.1, 0.15) is 23.7 Å². The maximum atomic E-state index is 12.0. The van der Waals surface area contributed by atoms with Crippen LogP contribution in [0.15, 0.2) is 54.6 Å². The molecule has 5 nitrogen and oxygen atoms in total. The first-order chi connectivity index (χ1) is 11.7. The Morgan fingerprint density at radius 2 is 2.00 bits per heavy atom. The van der Waals surface area contributed by atoms with E-state index >= 15 is 0 Å². The number of nitrogens with one attached hydrogen (secondary N) is 1. The minimum Gasteiger partial charge on any atom is -0.479 e. The van der Waals surface area contributed by atoms with Gasteiger partial charge in [-0.2, -0.15) is 5.26 Å². The molecule has 0 aliphatic carbocycles. The summed E-state index contributed by atoms with van der Waals surface area (Å²) in [6.07, 6.45) is 0.0981. The van der Waals surface area contributed by atoms with Gasteiger partial charge in [0.2, 0.25) is 5.91 Å². The molecule has 1 amide bonds. The molecule has 0 saturated carbocycles. The number of hydrogen-bond donors (Lipinski definition) is 2. The van der Waals surface area contributed by atoms with Gasteiger partial charge < -0.3 is 15.2 Å². The highest BCUT2D eigenvalue weighted by molar-refractivity contribution is 5.78. The van der Waals surface area contributed by atoms with Crippen LogP contribution in [0.25, 0.3) is 0 Å². The third kappa shape index (κ3) is 5.75. The van der Waals surface area contributed by atoms with Crippen molar-refractivity contribution in [2.24, 2.45) is 0 Å². The molecule has 2 N–H and O–H groups in total. The van der Waals surface area contributed by atoms with Crippen LogP contribution in [0, 0.1) is 11.3 Å². The molecule has 24 heavy (non-hydrogen) atoms. The molecule has 0 saturated heterocycles. The molecule has 0 bridgehead atoms. The molecule has 0 aliphatic heterocycles. The Labute approximate surface area is 141 Å². The van der Waals surface area contributed by atoms with E-state index in [9.17, 15) is 9.90 Å². The van der Waals surface area contributed by atoms with Gasteiger partial charge in [0.05, 0.1) is 12.5 Å². The topological polar surface area (TPSA) is 82.3 Å². The Kier molecular flexibility index (Phi) is 6.81. The van der Waals surface area contributed by atoms with Gasteiger partial charge in [-0.15, -0.1) is 0 Å². The van der Waals surface area contributed by atoms with E-state index in [1.807, 2.05) is 42.5 Å². The highest BCUT2D eigenvalue weighted by Gasteiger charge is 2.08. The maximum Gasteiger partial charge on any atom is 0.224 e. The smallest absolute Gasteiger partial charge is 0.224 e. The number of amides is 1. The minimum atomic E-state index is -0.589. The Morgan fingerprint density at radius 3 is 2.75 bits per heavy atom. The van der Waals surface area contributed by atoms with Crippen molar-refractivity contribution in [3.63, 3.8) is 0 Å². The molecule has 2 aromatic carbocycles. The Balaban J connectivity index is 1.76. The first-order valence-electron chi connectivity index (χ1n) is 7.77. The second-order valence-corrected chi connectivity index (χ2v) is 5.34. The van der Waals surface area contributed by atoms with Crippen molar-refractivity contribution in [1.82, 2.24) is 5.32 Å². The lowest BCUT2D eigenvalue weighted by Crippen LogP contribution is -2.27. The molecule has 5 heteroatoms. The molecule has 2 aromatic rings. The fourth-order valence-corrected chi connectivity index (χ4v) is 2.30. The number of ether oxygens (including phenoxy) is 1. The van der Waals surface area contributed by atoms with Gasteiger partial charge in [0.15, 0.2) is 6.61 Å².